The van der Waals surface area contributed by atoms with Gasteiger partial charge in [0.15, 0.2) is 0 Å². The minimum atomic E-state index is -0.0432. The molecular weight excluding hydrogens is 252 g/mol. The third kappa shape index (κ3) is 4.53. The average Bonchev–Trinajstić information content (AvgIpc) is 2.45. The second-order valence-electron chi connectivity index (χ2n) is 5.14. The Bertz CT molecular complexity index is 434. The Kier molecular flexibility index (Phi) is 6.52. The van der Waals surface area contributed by atoms with Crippen molar-refractivity contribution in [1.82, 2.24) is 10.2 Å². The van der Waals surface area contributed by atoms with Crippen molar-refractivity contribution in [1.29, 1.82) is 0 Å². The first kappa shape index (κ1) is 16.5. The average molecular weight is 278 g/mol. The standard InChI is InChI=1S/C16H26N2O2/c1-5-12(3)17-11-16(20)18(6-2)13(4)14-8-7-9-15(19)10-14/h7-10,12-13,17,19H,5-6,11H2,1-4H3. The van der Waals surface area contributed by atoms with Crippen molar-refractivity contribution >= 4 is 5.91 Å². The summed E-state index contributed by atoms with van der Waals surface area (Å²) in [6.45, 7) is 9.13. The first-order valence-electron chi connectivity index (χ1n) is 7.31. The minimum Gasteiger partial charge on any atom is -0.508 e. The molecule has 0 heterocycles. The van der Waals surface area contributed by atoms with E-state index >= 15 is 0 Å². The molecule has 0 aliphatic carbocycles. The summed E-state index contributed by atoms with van der Waals surface area (Å²) in [7, 11) is 0. The Hall–Kier alpha value is -1.55. The van der Waals surface area contributed by atoms with Gasteiger partial charge in [0, 0.05) is 12.6 Å². The molecule has 1 aromatic carbocycles. The number of hydrogen-bond donors (Lipinski definition) is 2. The number of benzene rings is 1. The van der Waals surface area contributed by atoms with Crippen LogP contribution in [0.5, 0.6) is 5.75 Å². The van der Waals surface area contributed by atoms with E-state index in [1.165, 1.54) is 0 Å². The highest BCUT2D eigenvalue weighted by molar-refractivity contribution is 5.78. The first-order valence-corrected chi connectivity index (χ1v) is 7.31. The summed E-state index contributed by atoms with van der Waals surface area (Å²) in [5.74, 6) is 0.319. The zero-order valence-electron chi connectivity index (χ0n) is 12.9. The molecule has 4 nitrogen and oxygen atoms in total. The van der Waals surface area contributed by atoms with Crippen molar-refractivity contribution in [2.75, 3.05) is 13.1 Å². The maximum absolute atomic E-state index is 12.3. The number of carbonyl (C=O) groups excluding carboxylic acids is 1. The number of nitrogens with one attached hydrogen (secondary N) is 1. The fourth-order valence-corrected chi connectivity index (χ4v) is 2.14. The van der Waals surface area contributed by atoms with E-state index in [1.54, 1.807) is 18.2 Å². The topological polar surface area (TPSA) is 52.6 Å². The molecule has 0 aliphatic rings. The van der Waals surface area contributed by atoms with Gasteiger partial charge in [-0.1, -0.05) is 19.1 Å². The molecule has 4 heteroatoms. The maximum atomic E-state index is 12.3. The summed E-state index contributed by atoms with van der Waals surface area (Å²) in [6, 6.07) is 7.38. The number of hydrogen-bond acceptors (Lipinski definition) is 3. The molecule has 1 amide bonds. The van der Waals surface area contributed by atoms with E-state index < -0.39 is 0 Å². The predicted octanol–water partition coefficient (Wildman–Crippen LogP) is 2.69. The van der Waals surface area contributed by atoms with Gasteiger partial charge in [-0.2, -0.15) is 0 Å². The third-order valence-electron chi connectivity index (χ3n) is 3.70. The SMILES string of the molecule is CCC(C)NCC(=O)N(CC)C(C)c1cccc(O)c1. The van der Waals surface area contributed by atoms with Gasteiger partial charge in [0.25, 0.3) is 0 Å². The van der Waals surface area contributed by atoms with Crippen molar-refractivity contribution in [3.05, 3.63) is 29.8 Å². The van der Waals surface area contributed by atoms with Gasteiger partial charge >= 0.3 is 0 Å². The summed E-state index contributed by atoms with van der Waals surface area (Å²) in [5, 5.41) is 12.8. The maximum Gasteiger partial charge on any atom is 0.237 e. The van der Waals surface area contributed by atoms with Crippen molar-refractivity contribution in [3.63, 3.8) is 0 Å². The molecule has 1 aromatic rings. The van der Waals surface area contributed by atoms with E-state index in [4.69, 9.17) is 0 Å². The second kappa shape index (κ2) is 7.90. The van der Waals surface area contributed by atoms with Gasteiger partial charge in [-0.25, -0.2) is 0 Å². The lowest BCUT2D eigenvalue weighted by atomic mass is 10.1. The Morgan fingerprint density at radius 1 is 1.35 bits per heavy atom. The van der Waals surface area contributed by atoms with Crippen molar-refractivity contribution < 1.29 is 9.90 Å². The molecular formula is C16H26N2O2. The van der Waals surface area contributed by atoms with E-state index in [1.807, 2.05) is 24.8 Å². The van der Waals surface area contributed by atoms with Gasteiger partial charge in [0.1, 0.15) is 5.75 Å². The highest BCUT2D eigenvalue weighted by atomic mass is 16.3. The second-order valence-corrected chi connectivity index (χ2v) is 5.14. The van der Waals surface area contributed by atoms with Crippen LogP contribution in [0.2, 0.25) is 0 Å². The zero-order valence-corrected chi connectivity index (χ0v) is 12.9. The molecule has 2 unspecified atom stereocenters. The molecule has 0 saturated carbocycles. The Labute approximate surface area is 121 Å². The van der Waals surface area contributed by atoms with Gasteiger partial charge in [0.2, 0.25) is 5.91 Å². The molecule has 2 atom stereocenters. The minimum absolute atomic E-state index is 0.0432. The van der Waals surface area contributed by atoms with Crippen LogP contribution in [0.15, 0.2) is 24.3 Å². The Morgan fingerprint density at radius 2 is 2.05 bits per heavy atom. The van der Waals surface area contributed by atoms with Gasteiger partial charge in [0.05, 0.1) is 12.6 Å². The van der Waals surface area contributed by atoms with Gasteiger partial charge in [-0.3, -0.25) is 4.79 Å². The summed E-state index contributed by atoms with van der Waals surface area (Å²) >= 11 is 0. The zero-order chi connectivity index (χ0) is 15.1. The van der Waals surface area contributed by atoms with Crippen LogP contribution in [-0.4, -0.2) is 35.0 Å². The lowest BCUT2D eigenvalue weighted by molar-refractivity contribution is -0.132. The molecule has 0 saturated heterocycles. The van der Waals surface area contributed by atoms with Crippen LogP contribution in [0.3, 0.4) is 0 Å². The largest absolute Gasteiger partial charge is 0.508 e. The van der Waals surface area contributed by atoms with Gasteiger partial charge in [-0.05, 0) is 44.9 Å². The van der Waals surface area contributed by atoms with Gasteiger partial charge < -0.3 is 15.3 Å². The van der Waals surface area contributed by atoms with Crippen molar-refractivity contribution in [2.24, 2.45) is 0 Å². The number of carbonyl (C=O) groups is 1. The molecule has 0 fully saturated rings. The lowest BCUT2D eigenvalue weighted by Crippen LogP contribution is -2.41. The predicted molar refractivity (Wildman–Crippen MR) is 81.7 cm³/mol. The third-order valence-corrected chi connectivity index (χ3v) is 3.70. The normalized spacial score (nSPS) is 13.8. The highest BCUT2D eigenvalue weighted by Gasteiger charge is 2.20. The summed E-state index contributed by atoms with van der Waals surface area (Å²) < 4.78 is 0. The number of aromatic hydroxyl groups is 1. The number of nitrogens with zero attached hydrogens (tertiary/aromatic N) is 1. The molecule has 0 bridgehead atoms. The van der Waals surface area contributed by atoms with E-state index in [9.17, 15) is 9.90 Å². The fraction of sp³-hybridized carbons (Fsp3) is 0.562. The molecule has 1 rings (SSSR count). The number of rotatable bonds is 7. The van der Waals surface area contributed by atoms with Crippen molar-refractivity contribution in [3.8, 4) is 5.75 Å². The van der Waals surface area contributed by atoms with Crippen LogP contribution in [-0.2, 0) is 4.79 Å². The van der Waals surface area contributed by atoms with E-state index in [-0.39, 0.29) is 17.7 Å². The Balaban J connectivity index is 2.71. The molecule has 0 spiro atoms. The number of phenols is 1. The lowest BCUT2D eigenvalue weighted by Gasteiger charge is -2.29. The molecule has 20 heavy (non-hydrogen) atoms. The highest BCUT2D eigenvalue weighted by Crippen LogP contribution is 2.23. The number of phenolic OH excluding ortho intramolecular Hbond substituents is 1. The van der Waals surface area contributed by atoms with Crippen molar-refractivity contribution in [2.45, 2.75) is 46.2 Å². The van der Waals surface area contributed by atoms with Crippen LogP contribution in [0.25, 0.3) is 0 Å². The van der Waals surface area contributed by atoms with Gasteiger partial charge in [-0.15, -0.1) is 0 Å². The van der Waals surface area contributed by atoms with Crippen LogP contribution in [0, 0.1) is 0 Å². The number of likely N-dealkylation sites (N-methyl/N-ethyl adjacent to an activating group) is 1. The number of amides is 1. The monoisotopic (exact) mass is 278 g/mol. The van der Waals surface area contributed by atoms with E-state index in [0.717, 1.165) is 12.0 Å². The van der Waals surface area contributed by atoms with E-state index in [0.29, 0.717) is 19.1 Å². The summed E-state index contributed by atoms with van der Waals surface area (Å²) in [6.07, 6.45) is 1.00. The molecule has 2 N–H and O–H groups in total. The quantitative estimate of drug-likeness (QED) is 0.806. The molecule has 0 aliphatic heterocycles. The van der Waals surface area contributed by atoms with E-state index in [2.05, 4.69) is 19.2 Å². The van der Waals surface area contributed by atoms with Crippen LogP contribution < -0.4 is 5.32 Å². The molecule has 0 aromatic heterocycles. The summed E-state index contributed by atoms with van der Waals surface area (Å²) in [5.41, 5.74) is 0.948. The Morgan fingerprint density at radius 3 is 2.60 bits per heavy atom. The van der Waals surface area contributed by atoms with Crippen LogP contribution in [0.4, 0.5) is 0 Å². The fourth-order valence-electron chi connectivity index (χ4n) is 2.14. The van der Waals surface area contributed by atoms with Crippen LogP contribution >= 0.6 is 0 Å². The first-order chi connectivity index (χ1) is 9.49. The van der Waals surface area contributed by atoms with Crippen LogP contribution in [0.1, 0.15) is 45.7 Å². The molecule has 0 radical (unpaired) electrons. The summed E-state index contributed by atoms with van der Waals surface area (Å²) in [4.78, 5) is 14.1. The molecule has 112 valence electrons. The smallest absolute Gasteiger partial charge is 0.237 e.